The fraction of sp³-hybridized carbons (Fsp3) is 1.00. The maximum Gasteiger partial charge on any atom is 0.188 e. The molecule has 0 bridgehead atoms. The molecule has 1 heterocycles. The van der Waals surface area contributed by atoms with Gasteiger partial charge in [0, 0.05) is 7.11 Å². The SMILES string of the molecule is COC(O)C1(F)CCNCC1. The van der Waals surface area contributed by atoms with E-state index >= 15 is 0 Å². The summed E-state index contributed by atoms with van der Waals surface area (Å²) in [5, 5.41) is 12.1. The van der Waals surface area contributed by atoms with Gasteiger partial charge in [-0.25, -0.2) is 4.39 Å². The zero-order chi connectivity index (χ0) is 8.32. The maximum atomic E-state index is 13.6. The van der Waals surface area contributed by atoms with E-state index in [9.17, 15) is 4.39 Å². The first-order valence-corrected chi connectivity index (χ1v) is 3.79. The second kappa shape index (κ2) is 3.47. The van der Waals surface area contributed by atoms with Gasteiger partial charge in [0.05, 0.1) is 0 Å². The number of hydrogen-bond acceptors (Lipinski definition) is 3. The smallest absolute Gasteiger partial charge is 0.188 e. The molecule has 1 unspecified atom stereocenters. The molecule has 1 aliphatic heterocycles. The van der Waals surface area contributed by atoms with Crippen molar-refractivity contribution in [3.8, 4) is 0 Å². The molecule has 66 valence electrons. The summed E-state index contributed by atoms with van der Waals surface area (Å²) in [7, 11) is 1.31. The third kappa shape index (κ3) is 1.89. The average Bonchev–Trinajstić information content (AvgIpc) is 2.04. The lowest BCUT2D eigenvalue weighted by Gasteiger charge is -2.32. The van der Waals surface area contributed by atoms with Gasteiger partial charge in [-0.2, -0.15) is 0 Å². The van der Waals surface area contributed by atoms with E-state index in [1.807, 2.05) is 0 Å². The van der Waals surface area contributed by atoms with E-state index in [2.05, 4.69) is 10.1 Å². The van der Waals surface area contributed by atoms with Crippen molar-refractivity contribution in [3.05, 3.63) is 0 Å². The van der Waals surface area contributed by atoms with Gasteiger partial charge < -0.3 is 15.2 Å². The van der Waals surface area contributed by atoms with E-state index in [0.29, 0.717) is 25.9 Å². The van der Waals surface area contributed by atoms with Gasteiger partial charge in [0.25, 0.3) is 0 Å². The van der Waals surface area contributed by atoms with Crippen molar-refractivity contribution in [1.82, 2.24) is 5.32 Å². The van der Waals surface area contributed by atoms with Crippen molar-refractivity contribution in [2.75, 3.05) is 20.2 Å². The van der Waals surface area contributed by atoms with Crippen LogP contribution in [-0.2, 0) is 4.74 Å². The van der Waals surface area contributed by atoms with Gasteiger partial charge in [-0.3, -0.25) is 0 Å². The summed E-state index contributed by atoms with van der Waals surface area (Å²) >= 11 is 0. The first-order valence-electron chi connectivity index (χ1n) is 3.79. The molecule has 11 heavy (non-hydrogen) atoms. The predicted octanol–water partition coefficient (Wildman–Crippen LogP) is 0.0429. The first-order chi connectivity index (χ1) is 5.19. The number of piperidine rings is 1. The van der Waals surface area contributed by atoms with Crippen LogP contribution >= 0.6 is 0 Å². The molecular weight excluding hydrogens is 149 g/mol. The van der Waals surface area contributed by atoms with Crippen molar-refractivity contribution < 1.29 is 14.2 Å². The molecule has 0 aromatic rings. The molecule has 0 spiro atoms. The predicted molar refractivity (Wildman–Crippen MR) is 39.0 cm³/mol. The highest BCUT2D eigenvalue weighted by Crippen LogP contribution is 2.27. The van der Waals surface area contributed by atoms with E-state index in [1.54, 1.807) is 0 Å². The molecule has 4 heteroatoms. The lowest BCUT2D eigenvalue weighted by molar-refractivity contribution is -0.175. The minimum atomic E-state index is -1.54. The molecule has 0 radical (unpaired) electrons. The third-order valence-electron chi connectivity index (χ3n) is 2.10. The third-order valence-corrected chi connectivity index (χ3v) is 2.10. The van der Waals surface area contributed by atoms with Crippen LogP contribution in [-0.4, -0.2) is 37.3 Å². The number of rotatable bonds is 2. The Morgan fingerprint density at radius 1 is 1.55 bits per heavy atom. The number of nitrogens with one attached hydrogen (secondary N) is 1. The van der Waals surface area contributed by atoms with Gasteiger partial charge in [0.2, 0.25) is 0 Å². The van der Waals surface area contributed by atoms with Gasteiger partial charge in [0.1, 0.15) is 0 Å². The number of methoxy groups -OCH3 is 1. The molecule has 2 N–H and O–H groups in total. The van der Waals surface area contributed by atoms with Crippen LogP contribution < -0.4 is 5.32 Å². The number of alkyl halides is 1. The summed E-state index contributed by atoms with van der Waals surface area (Å²) in [6, 6.07) is 0. The van der Waals surface area contributed by atoms with Gasteiger partial charge in [-0.15, -0.1) is 0 Å². The van der Waals surface area contributed by atoms with Crippen LogP contribution in [0.4, 0.5) is 4.39 Å². The molecule has 0 amide bonds. The topological polar surface area (TPSA) is 41.5 Å². The molecule has 3 nitrogen and oxygen atoms in total. The summed E-state index contributed by atoms with van der Waals surface area (Å²) < 4.78 is 18.1. The Hall–Kier alpha value is -0.190. The lowest BCUT2D eigenvalue weighted by Crippen LogP contribution is -2.47. The largest absolute Gasteiger partial charge is 0.365 e. The highest BCUT2D eigenvalue weighted by atomic mass is 19.1. The molecule has 0 aromatic heterocycles. The number of hydrogen-bond donors (Lipinski definition) is 2. The second-order valence-electron chi connectivity index (χ2n) is 2.87. The first kappa shape index (κ1) is 8.90. The Kier molecular flexibility index (Phi) is 2.81. The fourth-order valence-corrected chi connectivity index (χ4v) is 1.30. The van der Waals surface area contributed by atoms with Gasteiger partial charge >= 0.3 is 0 Å². The van der Waals surface area contributed by atoms with Crippen LogP contribution in [0.15, 0.2) is 0 Å². The Morgan fingerprint density at radius 2 is 2.09 bits per heavy atom. The monoisotopic (exact) mass is 163 g/mol. The number of aliphatic hydroxyl groups excluding tert-OH is 1. The molecule has 1 aliphatic rings. The van der Waals surface area contributed by atoms with Crippen LogP contribution in [0.3, 0.4) is 0 Å². The Balaban J connectivity index is 2.49. The minimum Gasteiger partial charge on any atom is -0.365 e. The van der Waals surface area contributed by atoms with E-state index in [1.165, 1.54) is 7.11 Å². The molecule has 1 fully saturated rings. The summed E-state index contributed by atoms with van der Waals surface area (Å²) in [5.41, 5.74) is -1.54. The molecule has 0 aliphatic carbocycles. The summed E-state index contributed by atoms with van der Waals surface area (Å²) in [6.45, 7) is 1.22. The Morgan fingerprint density at radius 3 is 2.55 bits per heavy atom. The summed E-state index contributed by atoms with van der Waals surface area (Å²) in [6.07, 6.45) is -0.631. The van der Waals surface area contributed by atoms with Crippen LogP contribution in [0.2, 0.25) is 0 Å². The van der Waals surface area contributed by atoms with Gasteiger partial charge in [-0.05, 0) is 25.9 Å². The van der Waals surface area contributed by atoms with E-state index in [0.717, 1.165) is 0 Å². The number of ether oxygens (including phenoxy) is 1. The van der Waals surface area contributed by atoms with Crippen molar-refractivity contribution in [2.24, 2.45) is 0 Å². The minimum absolute atomic E-state index is 0.321. The van der Waals surface area contributed by atoms with Gasteiger partial charge in [0.15, 0.2) is 12.0 Å². The lowest BCUT2D eigenvalue weighted by atomic mass is 9.94. The quantitative estimate of drug-likeness (QED) is 0.565. The highest BCUT2D eigenvalue weighted by Gasteiger charge is 2.39. The van der Waals surface area contributed by atoms with Gasteiger partial charge in [-0.1, -0.05) is 0 Å². The van der Waals surface area contributed by atoms with Crippen molar-refractivity contribution in [2.45, 2.75) is 24.8 Å². The molecule has 1 rings (SSSR count). The van der Waals surface area contributed by atoms with E-state index in [-0.39, 0.29) is 0 Å². The zero-order valence-corrected chi connectivity index (χ0v) is 6.64. The molecule has 0 saturated carbocycles. The molecular formula is C7H14FNO2. The number of halogens is 1. The maximum absolute atomic E-state index is 13.6. The Labute approximate surface area is 65.5 Å². The summed E-state index contributed by atoms with van der Waals surface area (Å²) in [5.74, 6) is 0. The van der Waals surface area contributed by atoms with E-state index < -0.39 is 12.0 Å². The van der Waals surface area contributed by atoms with Crippen LogP contribution in [0.1, 0.15) is 12.8 Å². The Bertz CT molecular complexity index is 126. The summed E-state index contributed by atoms with van der Waals surface area (Å²) in [4.78, 5) is 0. The van der Waals surface area contributed by atoms with E-state index in [4.69, 9.17) is 5.11 Å². The molecule has 1 saturated heterocycles. The highest BCUT2D eigenvalue weighted by molar-refractivity contribution is 4.87. The normalized spacial score (nSPS) is 26.5. The van der Waals surface area contributed by atoms with Crippen molar-refractivity contribution in [3.63, 3.8) is 0 Å². The molecule has 1 atom stereocenters. The van der Waals surface area contributed by atoms with Crippen LogP contribution in [0.25, 0.3) is 0 Å². The molecule has 0 aromatic carbocycles. The van der Waals surface area contributed by atoms with Crippen LogP contribution in [0, 0.1) is 0 Å². The number of aliphatic hydroxyl groups is 1. The van der Waals surface area contributed by atoms with Crippen molar-refractivity contribution >= 4 is 0 Å². The standard InChI is InChI=1S/C7H14FNO2/c1-11-6(10)7(8)2-4-9-5-3-7/h6,9-10H,2-5H2,1H3. The fourth-order valence-electron chi connectivity index (χ4n) is 1.30. The van der Waals surface area contributed by atoms with Crippen molar-refractivity contribution in [1.29, 1.82) is 0 Å². The average molecular weight is 163 g/mol. The zero-order valence-electron chi connectivity index (χ0n) is 6.64. The van der Waals surface area contributed by atoms with Crippen LogP contribution in [0.5, 0.6) is 0 Å². The second-order valence-corrected chi connectivity index (χ2v) is 2.87.